The fourth-order valence-corrected chi connectivity index (χ4v) is 3.10. The van der Waals surface area contributed by atoms with Gasteiger partial charge in [0, 0.05) is 18.7 Å². The van der Waals surface area contributed by atoms with E-state index in [0.29, 0.717) is 23.1 Å². The van der Waals surface area contributed by atoms with Crippen LogP contribution in [0.2, 0.25) is 0 Å². The van der Waals surface area contributed by atoms with E-state index in [1.54, 1.807) is 18.2 Å². The number of carbonyl (C=O) groups is 2. The van der Waals surface area contributed by atoms with Gasteiger partial charge in [0.25, 0.3) is 0 Å². The molecular formula is C19H15IO6. The van der Waals surface area contributed by atoms with Crippen molar-refractivity contribution < 1.29 is 23.5 Å². The summed E-state index contributed by atoms with van der Waals surface area (Å²) in [6.07, 6.45) is 5.25. The molecule has 0 aliphatic heterocycles. The first-order valence-corrected chi connectivity index (χ1v) is 8.99. The molecule has 7 heteroatoms. The first-order chi connectivity index (χ1) is 12.4. The van der Waals surface area contributed by atoms with E-state index >= 15 is 0 Å². The van der Waals surface area contributed by atoms with Crippen molar-refractivity contribution >= 4 is 45.5 Å². The normalized spacial score (nSPS) is 13.8. The van der Waals surface area contributed by atoms with Gasteiger partial charge in [0.2, 0.25) is 0 Å². The summed E-state index contributed by atoms with van der Waals surface area (Å²) in [6.45, 7) is 1.42. The van der Waals surface area contributed by atoms with Crippen molar-refractivity contribution in [3.8, 4) is 0 Å². The maximum Gasteiger partial charge on any atom is 0.351 e. The lowest BCUT2D eigenvalue weighted by atomic mass is 10.1. The van der Waals surface area contributed by atoms with Crippen LogP contribution in [-0.4, -0.2) is 11.9 Å². The lowest BCUT2D eigenvalue weighted by molar-refractivity contribution is -0.142. The summed E-state index contributed by atoms with van der Waals surface area (Å²) < 4.78 is 16.4. The summed E-state index contributed by atoms with van der Waals surface area (Å²) in [5.41, 5.74) is 0.133. The highest BCUT2D eigenvalue weighted by atomic mass is 127. The zero-order chi connectivity index (χ0) is 18.7. The van der Waals surface area contributed by atoms with Crippen molar-refractivity contribution in [1.29, 1.82) is 0 Å². The number of carbonyl (C=O) groups excluding carboxylic acids is 2. The number of hydrogen-bond donors (Lipinski definition) is 0. The molecule has 1 aromatic heterocycles. The van der Waals surface area contributed by atoms with E-state index < -0.39 is 17.6 Å². The molecular weight excluding hydrogens is 451 g/mol. The van der Waals surface area contributed by atoms with Crippen LogP contribution in [-0.2, 0) is 20.9 Å². The number of esters is 2. The molecule has 1 aromatic carbocycles. The number of rotatable bonds is 4. The number of hydrogen-bond acceptors (Lipinski definition) is 6. The van der Waals surface area contributed by atoms with E-state index in [1.807, 2.05) is 12.2 Å². The molecule has 0 unspecified atom stereocenters. The largest absolute Gasteiger partial charge is 0.461 e. The minimum atomic E-state index is -0.753. The predicted molar refractivity (Wildman–Crippen MR) is 103 cm³/mol. The fraction of sp³-hybridized carbons (Fsp3) is 0.211. The van der Waals surface area contributed by atoms with E-state index in [1.165, 1.54) is 13.0 Å². The van der Waals surface area contributed by atoms with E-state index in [2.05, 4.69) is 22.6 Å². The molecule has 1 aliphatic carbocycles. The molecule has 0 saturated carbocycles. The van der Waals surface area contributed by atoms with Crippen LogP contribution >= 0.6 is 22.6 Å². The molecule has 1 heterocycles. The Morgan fingerprint density at radius 2 is 2.08 bits per heavy atom. The Balaban J connectivity index is 1.91. The van der Waals surface area contributed by atoms with Gasteiger partial charge in [-0.3, -0.25) is 4.79 Å². The lowest BCUT2D eigenvalue weighted by Gasteiger charge is -2.12. The van der Waals surface area contributed by atoms with Crippen LogP contribution in [0.5, 0.6) is 0 Å². The number of allylic oxidation sites excluding steroid dienone is 4. The predicted octanol–water partition coefficient (Wildman–Crippen LogP) is 4.01. The summed E-state index contributed by atoms with van der Waals surface area (Å²) in [5, 5.41) is 0.549. The molecule has 3 rings (SSSR count). The quantitative estimate of drug-likeness (QED) is 0.385. The van der Waals surface area contributed by atoms with Gasteiger partial charge in [0.1, 0.15) is 23.5 Å². The molecule has 2 aromatic rings. The standard InChI is InChI=1S/C19H15IO6/c1-11(21)24-10-12-6-7-16-13(8-12)9-14(18(22)25-16)19(23)26-17-5-3-2-4-15(17)20/h2,4,6-9H,3,5,10H2,1H3. The molecule has 26 heavy (non-hydrogen) atoms. The first-order valence-electron chi connectivity index (χ1n) is 7.91. The van der Waals surface area contributed by atoms with Crippen molar-refractivity contribution in [2.24, 2.45) is 0 Å². The van der Waals surface area contributed by atoms with Crippen molar-refractivity contribution in [1.82, 2.24) is 0 Å². The van der Waals surface area contributed by atoms with Gasteiger partial charge in [-0.05, 0) is 58.9 Å². The smallest absolute Gasteiger partial charge is 0.351 e. The number of ether oxygens (including phenoxy) is 2. The molecule has 134 valence electrons. The molecule has 6 nitrogen and oxygen atoms in total. The molecule has 0 atom stereocenters. The molecule has 0 spiro atoms. The zero-order valence-electron chi connectivity index (χ0n) is 13.9. The van der Waals surface area contributed by atoms with E-state index in [0.717, 1.165) is 15.6 Å². The minimum absolute atomic E-state index is 0.0988. The van der Waals surface area contributed by atoms with Crippen LogP contribution in [0.15, 0.2) is 55.0 Å². The van der Waals surface area contributed by atoms with Gasteiger partial charge in [-0.25, -0.2) is 9.59 Å². The van der Waals surface area contributed by atoms with Crippen LogP contribution in [0.25, 0.3) is 11.0 Å². The molecule has 0 N–H and O–H groups in total. The van der Waals surface area contributed by atoms with Crippen LogP contribution in [0, 0.1) is 0 Å². The van der Waals surface area contributed by atoms with Gasteiger partial charge in [-0.15, -0.1) is 0 Å². The van der Waals surface area contributed by atoms with E-state index in [9.17, 15) is 14.4 Å². The van der Waals surface area contributed by atoms with Gasteiger partial charge in [-0.2, -0.15) is 0 Å². The topological polar surface area (TPSA) is 82.8 Å². The SMILES string of the molecule is CC(=O)OCc1ccc2oc(=O)c(C(=O)OC3=C(I)C=CCC3)cc2c1. The van der Waals surface area contributed by atoms with Crippen molar-refractivity contribution in [3.05, 3.63) is 67.3 Å². The number of benzene rings is 1. The maximum absolute atomic E-state index is 12.4. The summed E-state index contributed by atoms with van der Waals surface area (Å²) in [7, 11) is 0. The highest BCUT2D eigenvalue weighted by Gasteiger charge is 2.19. The second-order valence-electron chi connectivity index (χ2n) is 5.70. The van der Waals surface area contributed by atoms with Crippen molar-refractivity contribution in [3.63, 3.8) is 0 Å². The Kier molecular flexibility index (Phi) is 5.55. The second kappa shape index (κ2) is 7.86. The average Bonchev–Trinajstić information content (AvgIpc) is 2.61. The molecule has 1 aliphatic rings. The van der Waals surface area contributed by atoms with E-state index in [-0.39, 0.29) is 12.2 Å². The molecule has 0 amide bonds. The monoisotopic (exact) mass is 466 g/mol. The molecule has 0 bridgehead atoms. The van der Waals surface area contributed by atoms with Crippen LogP contribution in [0.3, 0.4) is 0 Å². The van der Waals surface area contributed by atoms with Crippen LogP contribution < -0.4 is 5.63 Å². The fourth-order valence-electron chi connectivity index (χ4n) is 2.47. The Bertz CT molecular complexity index is 999. The Labute approximate surface area is 162 Å². The molecule has 0 radical (unpaired) electrons. The Morgan fingerprint density at radius 1 is 1.27 bits per heavy atom. The summed E-state index contributed by atoms with van der Waals surface area (Å²) in [4.78, 5) is 35.5. The third-order valence-corrected chi connectivity index (χ3v) is 4.70. The maximum atomic E-state index is 12.4. The van der Waals surface area contributed by atoms with Gasteiger partial charge in [0.05, 0.1) is 3.58 Å². The van der Waals surface area contributed by atoms with Gasteiger partial charge in [-0.1, -0.05) is 12.1 Å². The van der Waals surface area contributed by atoms with E-state index in [4.69, 9.17) is 13.9 Å². The number of halogens is 1. The van der Waals surface area contributed by atoms with Crippen LogP contribution in [0.4, 0.5) is 0 Å². The van der Waals surface area contributed by atoms with Gasteiger partial charge in [0.15, 0.2) is 0 Å². The summed E-state index contributed by atoms with van der Waals surface area (Å²) >= 11 is 2.09. The third-order valence-electron chi connectivity index (χ3n) is 3.74. The van der Waals surface area contributed by atoms with Gasteiger partial charge >= 0.3 is 17.6 Å². The van der Waals surface area contributed by atoms with Crippen molar-refractivity contribution in [2.45, 2.75) is 26.4 Å². The summed E-state index contributed by atoms with van der Waals surface area (Å²) in [6, 6.07) is 6.42. The van der Waals surface area contributed by atoms with Gasteiger partial charge < -0.3 is 13.9 Å². The number of fused-ring (bicyclic) bond motifs is 1. The molecule has 0 saturated heterocycles. The second-order valence-corrected chi connectivity index (χ2v) is 6.86. The minimum Gasteiger partial charge on any atom is -0.461 e. The zero-order valence-corrected chi connectivity index (χ0v) is 16.1. The highest BCUT2D eigenvalue weighted by molar-refractivity contribution is 14.1. The Hall–Kier alpha value is -2.42. The third kappa shape index (κ3) is 4.21. The lowest BCUT2D eigenvalue weighted by Crippen LogP contribution is -2.17. The average molecular weight is 466 g/mol. The Morgan fingerprint density at radius 3 is 2.81 bits per heavy atom. The van der Waals surface area contributed by atoms with Crippen molar-refractivity contribution in [2.75, 3.05) is 0 Å². The highest BCUT2D eigenvalue weighted by Crippen LogP contribution is 2.26. The summed E-state index contributed by atoms with van der Waals surface area (Å²) in [5.74, 6) is -0.593. The molecule has 0 fully saturated rings. The first kappa shape index (κ1) is 18.4. The van der Waals surface area contributed by atoms with Crippen LogP contribution in [0.1, 0.15) is 35.7 Å².